The predicted molar refractivity (Wildman–Crippen MR) is 51.9 cm³/mol. The third kappa shape index (κ3) is 4.72. The van der Waals surface area contributed by atoms with Gasteiger partial charge in [0.2, 0.25) is 5.91 Å². The van der Waals surface area contributed by atoms with Crippen LogP contribution in [0.2, 0.25) is 0 Å². The molecule has 1 unspecified atom stereocenters. The summed E-state index contributed by atoms with van der Waals surface area (Å²) in [7, 11) is 0. The molecule has 0 aromatic carbocycles. The molecule has 6 heteroatoms. The summed E-state index contributed by atoms with van der Waals surface area (Å²) in [5, 5.41) is 5.28. The molecule has 1 rings (SSSR count). The van der Waals surface area contributed by atoms with E-state index in [4.69, 9.17) is 0 Å². The fourth-order valence-electron chi connectivity index (χ4n) is 1.40. The minimum Gasteiger partial charge on any atom is -0.350 e. The summed E-state index contributed by atoms with van der Waals surface area (Å²) in [5.41, 5.74) is 0. The first-order valence-electron chi connectivity index (χ1n) is 4.46. The van der Waals surface area contributed by atoms with Crippen LogP contribution in [0.5, 0.6) is 0 Å². The number of halogens is 3. The Morgan fingerprint density at radius 2 is 2.29 bits per heavy atom. The van der Waals surface area contributed by atoms with Crippen LogP contribution in [0.3, 0.4) is 0 Å². The molecular formula is C8H15ClF2N2O. The standard InChI is InChI=1S/C8H14F2N2O.ClH/c9-7(10)5-12-8(13)6-2-1-3-11-4-6;/h6-7,11H,1-5H2,(H,12,13);1H. The van der Waals surface area contributed by atoms with Crippen molar-refractivity contribution in [2.45, 2.75) is 19.3 Å². The maximum absolute atomic E-state index is 11.7. The van der Waals surface area contributed by atoms with Crippen LogP contribution in [0.1, 0.15) is 12.8 Å². The van der Waals surface area contributed by atoms with Gasteiger partial charge in [0.1, 0.15) is 0 Å². The minimum absolute atomic E-state index is 0. The number of hydrogen-bond donors (Lipinski definition) is 2. The van der Waals surface area contributed by atoms with Gasteiger partial charge in [-0.15, -0.1) is 12.4 Å². The second-order valence-corrected chi connectivity index (χ2v) is 3.18. The number of nitrogens with one attached hydrogen (secondary N) is 2. The molecule has 0 aromatic heterocycles. The van der Waals surface area contributed by atoms with Crippen LogP contribution in [-0.2, 0) is 4.79 Å². The van der Waals surface area contributed by atoms with Crippen LogP contribution in [0, 0.1) is 5.92 Å². The minimum atomic E-state index is -2.46. The average molecular weight is 229 g/mol. The highest BCUT2D eigenvalue weighted by molar-refractivity contribution is 5.85. The molecule has 1 aliphatic rings. The van der Waals surface area contributed by atoms with Crippen molar-refractivity contribution >= 4 is 18.3 Å². The van der Waals surface area contributed by atoms with E-state index < -0.39 is 13.0 Å². The number of carbonyl (C=O) groups excluding carboxylic acids is 1. The summed E-state index contributed by atoms with van der Waals surface area (Å²) in [6.07, 6.45) is -0.727. The molecule has 14 heavy (non-hydrogen) atoms. The van der Waals surface area contributed by atoms with E-state index in [2.05, 4.69) is 10.6 Å². The molecule has 1 atom stereocenters. The monoisotopic (exact) mass is 228 g/mol. The highest BCUT2D eigenvalue weighted by Crippen LogP contribution is 2.09. The summed E-state index contributed by atoms with van der Waals surface area (Å²) >= 11 is 0. The molecule has 1 amide bonds. The molecule has 1 aliphatic heterocycles. The van der Waals surface area contributed by atoms with Gasteiger partial charge >= 0.3 is 0 Å². The van der Waals surface area contributed by atoms with E-state index in [-0.39, 0.29) is 24.2 Å². The first-order valence-corrected chi connectivity index (χ1v) is 4.46. The van der Waals surface area contributed by atoms with E-state index in [9.17, 15) is 13.6 Å². The van der Waals surface area contributed by atoms with Gasteiger partial charge in [0, 0.05) is 6.54 Å². The van der Waals surface area contributed by atoms with Gasteiger partial charge in [0.15, 0.2) is 0 Å². The average Bonchev–Trinajstić information content (AvgIpc) is 2.15. The second kappa shape index (κ2) is 6.95. The topological polar surface area (TPSA) is 41.1 Å². The Morgan fingerprint density at radius 1 is 1.57 bits per heavy atom. The summed E-state index contributed by atoms with van der Waals surface area (Å²) in [5.74, 6) is -0.389. The normalized spacial score (nSPS) is 21.5. The van der Waals surface area contributed by atoms with E-state index >= 15 is 0 Å². The molecule has 3 nitrogen and oxygen atoms in total. The van der Waals surface area contributed by atoms with E-state index in [0.717, 1.165) is 19.4 Å². The summed E-state index contributed by atoms with van der Waals surface area (Å²) in [6.45, 7) is 0.989. The van der Waals surface area contributed by atoms with Crippen molar-refractivity contribution in [3.8, 4) is 0 Å². The summed E-state index contributed by atoms with van der Waals surface area (Å²) in [6, 6.07) is 0. The van der Waals surface area contributed by atoms with E-state index in [1.807, 2.05) is 0 Å². The Labute approximate surface area is 88.0 Å². The fourth-order valence-corrected chi connectivity index (χ4v) is 1.40. The summed E-state index contributed by atoms with van der Waals surface area (Å²) in [4.78, 5) is 11.2. The smallest absolute Gasteiger partial charge is 0.255 e. The third-order valence-electron chi connectivity index (χ3n) is 2.10. The largest absolute Gasteiger partial charge is 0.350 e. The van der Waals surface area contributed by atoms with Crippen LogP contribution in [-0.4, -0.2) is 32.0 Å². The molecule has 0 bridgehead atoms. The van der Waals surface area contributed by atoms with Gasteiger partial charge in [0.05, 0.1) is 12.5 Å². The van der Waals surface area contributed by atoms with Crippen LogP contribution in [0.15, 0.2) is 0 Å². The molecule has 84 valence electrons. The lowest BCUT2D eigenvalue weighted by molar-refractivity contribution is -0.126. The first kappa shape index (κ1) is 13.6. The van der Waals surface area contributed by atoms with Crippen LogP contribution in [0.25, 0.3) is 0 Å². The highest BCUT2D eigenvalue weighted by Gasteiger charge is 2.20. The van der Waals surface area contributed by atoms with E-state index in [1.165, 1.54) is 0 Å². The zero-order chi connectivity index (χ0) is 9.68. The van der Waals surface area contributed by atoms with Crippen LogP contribution < -0.4 is 10.6 Å². The Kier molecular flexibility index (Phi) is 6.74. The Bertz CT molecular complexity index is 175. The maximum Gasteiger partial charge on any atom is 0.255 e. The predicted octanol–water partition coefficient (Wildman–Crippen LogP) is 0.789. The molecular weight excluding hydrogens is 214 g/mol. The van der Waals surface area contributed by atoms with Gasteiger partial charge < -0.3 is 10.6 Å². The van der Waals surface area contributed by atoms with Crippen molar-refractivity contribution in [1.82, 2.24) is 10.6 Å². The molecule has 0 saturated carbocycles. The lowest BCUT2D eigenvalue weighted by atomic mass is 9.99. The molecule has 1 fully saturated rings. The van der Waals surface area contributed by atoms with Gasteiger partial charge in [-0.2, -0.15) is 0 Å². The van der Waals surface area contributed by atoms with Crippen molar-refractivity contribution in [2.75, 3.05) is 19.6 Å². The van der Waals surface area contributed by atoms with Crippen molar-refractivity contribution < 1.29 is 13.6 Å². The maximum atomic E-state index is 11.7. The fraction of sp³-hybridized carbons (Fsp3) is 0.875. The SMILES string of the molecule is Cl.O=C(NCC(F)F)C1CCCNC1. The number of amides is 1. The third-order valence-corrected chi connectivity index (χ3v) is 2.10. The van der Waals surface area contributed by atoms with Crippen molar-refractivity contribution in [1.29, 1.82) is 0 Å². The van der Waals surface area contributed by atoms with Gasteiger partial charge in [-0.1, -0.05) is 0 Å². The zero-order valence-corrected chi connectivity index (χ0v) is 8.58. The van der Waals surface area contributed by atoms with E-state index in [0.29, 0.717) is 6.54 Å². The first-order chi connectivity index (χ1) is 6.20. The molecule has 1 heterocycles. The summed E-state index contributed by atoms with van der Waals surface area (Å²) < 4.78 is 23.5. The van der Waals surface area contributed by atoms with Crippen molar-refractivity contribution in [2.24, 2.45) is 5.92 Å². The second-order valence-electron chi connectivity index (χ2n) is 3.18. The quantitative estimate of drug-likeness (QED) is 0.750. The molecule has 0 spiro atoms. The molecule has 0 aromatic rings. The lowest BCUT2D eigenvalue weighted by Gasteiger charge is -2.21. The van der Waals surface area contributed by atoms with Crippen LogP contribution >= 0.6 is 12.4 Å². The van der Waals surface area contributed by atoms with Gasteiger partial charge in [-0.05, 0) is 19.4 Å². The molecule has 0 aliphatic carbocycles. The Hall–Kier alpha value is -0.420. The molecule has 2 N–H and O–H groups in total. The number of carbonyl (C=O) groups is 1. The molecule has 1 saturated heterocycles. The zero-order valence-electron chi connectivity index (χ0n) is 7.76. The van der Waals surface area contributed by atoms with E-state index in [1.54, 1.807) is 0 Å². The lowest BCUT2D eigenvalue weighted by Crippen LogP contribution is -2.41. The van der Waals surface area contributed by atoms with Crippen molar-refractivity contribution in [3.63, 3.8) is 0 Å². The van der Waals surface area contributed by atoms with Gasteiger partial charge in [0.25, 0.3) is 6.43 Å². The Morgan fingerprint density at radius 3 is 2.79 bits per heavy atom. The number of piperidine rings is 1. The van der Waals surface area contributed by atoms with Crippen LogP contribution in [0.4, 0.5) is 8.78 Å². The number of hydrogen-bond acceptors (Lipinski definition) is 2. The Balaban J connectivity index is 0.00000169. The molecule has 0 radical (unpaired) electrons. The number of rotatable bonds is 3. The van der Waals surface area contributed by atoms with Gasteiger partial charge in [-0.25, -0.2) is 8.78 Å². The van der Waals surface area contributed by atoms with Crippen molar-refractivity contribution in [3.05, 3.63) is 0 Å². The number of alkyl halides is 2. The highest BCUT2D eigenvalue weighted by atomic mass is 35.5. The van der Waals surface area contributed by atoms with Gasteiger partial charge in [-0.3, -0.25) is 4.79 Å².